The lowest BCUT2D eigenvalue weighted by molar-refractivity contribution is 0.320. The maximum absolute atomic E-state index is 5.76. The van der Waals surface area contributed by atoms with Crippen molar-refractivity contribution in [1.29, 1.82) is 0 Å². The second kappa shape index (κ2) is 7.80. The average molecular weight is 314 g/mol. The first kappa shape index (κ1) is 16.3. The van der Waals surface area contributed by atoms with Gasteiger partial charge in [-0.1, -0.05) is 35.4 Å². The summed E-state index contributed by atoms with van der Waals surface area (Å²) in [5.74, 6) is 0.921. The van der Waals surface area contributed by atoms with Crippen LogP contribution in [-0.2, 0) is 0 Å². The molecule has 116 valence electrons. The van der Waals surface area contributed by atoms with Gasteiger partial charge in [0.05, 0.1) is 6.54 Å². The maximum Gasteiger partial charge on any atom is 0.170 e. The summed E-state index contributed by atoms with van der Waals surface area (Å²) in [7, 11) is 0. The second-order valence-electron chi connectivity index (χ2n) is 5.36. The number of aryl methyl sites for hydroxylation is 3. The second-order valence-corrected chi connectivity index (χ2v) is 5.77. The molecule has 22 heavy (non-hydrogen) atoms. The van der Waals surface area contributed by atoms with E-state index in [4.69, 9.17) is 17.0 Å². The molecule has 0 spiro atoms. The van der Waals surface area contributed by atoms with E-state index in [0.717, 1.165) is 17.0 Å². The predicted molar refractivity (Wildman–Crippen MR) is 96.8 cm³/mol. The van der Waals surface area contributed by atoms with E-state index in [9.17, 15) is 0 Å². The van der Waals surface area contributed by atoms with E-state index in [0.29, 0.717) is 18.3 Å². The van der Waals surface area contributed by atoms with E-state index >= 15 is 0 Å². The minimum absolute atomic E-state index is 0.569. The number of anilines is 1. The van der Waals surface area contributed by atoms with Crippen molar-refractivity contribution in [3.63, 3.8) is 0 Å². The van der Waals surface area contributed by atoms with E-state index in [1.54, 1.807) is 0 Å². The van der Waals surface area contributed by atoms with Crippen molar-refractivity contribution in [3.8, 4) is 5.75 Å². The number of hydrogen-bond acceptors (Lipinski definition) is 2. The molecule has 0 aromatic heterocycles. The molecule has 0 unspecified atom stereocenters. The highest BCUT2D eigenvalue weighted by Crippen LogP contribution is 2.18. The van der Waals surface area contributed by atoms with Crippen molar-refractivity contribution in [1.82, 2.24) is 5.32 Å². The summed E-state index contributed by atoms with van der Waals surface area (Å²) < 4.78 is 5.76. The zero-order chi connectivity index (χ0) is 15.9. The summed E-state index contributed by atoms with van der Waals surface area (Å²) in [6, 6.07) is 14.3. The predicted octanol–water partition coefficient (Wildman–Crippen LogP) is 3.98. The Balaban J connectivity index is 1.72. The molecule has 0 saturated heterocycles. The van der Waals surface area contributed by atoms with Crippen molar-refractivity contribution in [3.05, 3.63) is 59.2 Å². The van der Waals surface area contributed by atoms with Gasteiger partial charge in [-0.25, -0.2) is 0 Å². The fourth-order valence-corrected chi connectivity index (χ4v) is 2.32. The average Bonchev–Trinajstić information content (AvgIpc) is 2.48. The summed E-state index contributed by atoms with van der Waals surface area (Å²) in [6.45, 7) is 7.42. The van der Waals surface area contributed by atoms with Crippen LogP contribution in [0.5, 0.6) is 5.75 Å². The van der Waals surface area contributed by atoms with Gasteiger partial charge in [-0.05, 0) is 56.8 Å². The van der Waals surface area contributed by atoms with Crippen molar-refractivity contribution >= 4 is 23.0 Å². The van der Waals surface area contributed by atoms with Crippen LogP contribution in [0, 0.1) is 20.8 Å². The molecule has 2 aromatic rings. The zero-order valence-corrected chi connectivity index (χ0v) is 14.1. The van der Waals surface area contributed by atoms with Gasteiger partial charge >= 0.3 is 0 Å². The third kappa shape index (κ3) is 5.04. The monoisotopic (exact) mass is 314 g/mol. The number of benzene rings is 2. The lowest BCUT2D eigenvalue weighted by Crippen LogP contribution is -2.31. The summed E-state index contributed by atoms with van der Waals surface area (Å²) in [5.41, 5.74) is 4.61. The smallest absolute Gasteiger partial charge is 0.170 e. The molecule has 0 aliphatic carbocycles. The van der Waals surface area contributed by atoms with Crippen LogP contribution in [0.1, 0.15) is 16.7 Å². The quantitative estimate of drug-likeness (QED) is 0.646. The third-order valence-corrected chi connectivity index (χ3v) is 3.53. The molecule has 0 saturated carbocycles. The minimum Gasteiger partial charge on any atom is -0.491 e. The summed E-state index contributed by atoms with van der Waals surface area (Å²) in [5, 5.41) is 6.90. The first-order chi connectivity index (χ1) is 10.5. The first-order valence-electron chi connectivity index (χ1n) is 7.36. The van der Waals surface area contributed by atoms with Crippen LogP contribution < -0.4 is 15.4 Å². The molecule has 2 aromatic carbocycles. The van der Waals surface area contributed by atoms with E-state index in [2.05, 4.69) is 43.5 Å². The van der Waals surface area contributed by atoms with Gasteiger partial charge < -0.3 is 15.4 Å². The Morgan fingerprint density at radius 2 is 1.68 bits per heavy atom. The number of rotatable bonds is 5. The Kier molecular flexibility index (Phi) is 5.78. The lowest BCUT2D eigenvalue weighted by Gasteiger charge is -2.13. The first-order valence-corrected chi connectivity index (χ1v) is 7.77. The highest BCUT2D eigenvalue weighted by atomic mass is 32.1. The fourth-order valence-electron chi connectivity index (χ4n) is 2.10. The molecule has 0 bridgehead atoms. The van der Waals surface area contributed by atoms with Crippen LogP contribution in [-0.4, -0.2) is 18.3 Å². The standard InChI is InChI=1S/C18H22N2OS/c1-13-4-7-16(8-5-13)20-18(22)19-10-11-21-17-9-6-14(2)12-15(17)3/h4-9,12H,10-11H2,1-3H3,(H2,19,20,22). The minimum atomic E-state index is 0.569. The summed E-state index contributed by atoms with van der Waals surface area (Å²) in [4.78, 5) is 0. The molecule has 0 radical (unpaired) electrons. The van der Waals surface area contributed by atoms with Gasteiger partial charge in [-0.2, -0.15) is 0 Å². The molecule has 3 nitrogen and oxygen atoms in total. The highest BCUT2D eigenvalue weighted by molar-refractivity contribution is 7.80. The van der Waals surface area contributed by atoms with Gasteiger partial charge in [-0.3, -0.25) is 0 Å². The van der Waals surface area contributed by atoms with Crippen LogP contribution in [0.15, 0.2) is 42.5 Å². The van der Waals surface area contributed by atoms with Gasteiger partial charge in [0.2, 0.25) is 0 Å². The number of hydrogen-bond donors (Lipinski definition) is 2. The Labute approximate surface area is 137 Å². The Morgan fingerprint density at radius 1 is 1.00 bits per heavy atom. The maximum atomic E-state index is 5.76. The summed E-state index contributed by atoms with van der Waals surface area (Å²) >= 11 is 5.26. The van der Waals surface area contributed by atoms with Crippen molar-refractivity contribution in [2.24, 2.45) is 0 Å². The molecule has 0 aliphatic rings. The van der Waals surface area contributed by atoms with Crippen LogP contribution in [0.3, 0.4) is 0 Å². The Bertz CT molecular complexity index is 638. The Hall–Kier alpha value is -2.07. The van der Waals surface area contributed by atoms with E-state index in [1.807, 2.05) is 30.3 Å². The number of ether oxygens (including phenoxy) is 1. The van der Waals surface area contributed by atoms with Crippen LogP contribution in [0.2, 0.25) is 0 Å². The van der Waals surface area contributed by atoms with Gasteiger partial charge in [0.15, 0.2) is 5.11 Å². The molecule has 0 fully saturated rings. The molecule has 0 aliphatic heterocycles. The van der Waals surface area contributed by atoms with E-state index in [1.165, 1.54) is 11.1 Å². The van der Waals surface area contributed by atoms with Crippen LogP contribution >= 0.6 is 12.2 Å². The van der Waals surface area contributed by atoms with Gasteiger partial charge in [0, 0.05) is 5.69 Å². The molecule has 0 amide bonds. The topological polar surface area (TPSA) is 33.3 Å². The molecule has 2 rings (SSSR count). The SMILES string of the molecule is Cc1ccc(NC(=S)NCCOc2ccc(C)cc2C)cc1. The number of thiocarbonyl (C=S) groups is 1. The van der Waals surface area contributed by atoms with E-state index in [-0.39, 0.29) is 0 Å². The van der Waals surface area contributed by atoms with Crippen LogP contribution in [0.25, 0.3) is 0 Å². The fraction of sp³-hybridized carbons (Fsp3) is 0.278. The molecular weight excluding hydrogens is 292 g/mol. The molecular formula is C18H22N2OS. The van der Waals surface area contributed by atoms with E-state index < -0.39 is 0 Å². The Morgan fingerprint density at radius 3 is 2.36 bits per heavy atom. The number of nitrogens with one attached hydrogen (secondary N) is 2. The zero-order valence-electron chi connectivity index (χ0n) is 13.3. The van der Waals surface area contributed by atoms with Gasteiger partial charge in [-0.15, -0.1) is 0 Å². The van der Waals surface area contributed by atoms with Crippen molar-refractivity contribution < 1.29 is 4.74 Å². The lowest BCUT2D eigenvalue weighted by atomic mass is 10.1. The highest BCUT2D eigenvalue weighted by Gasteiger charge is 2.00. The van der Waals surface area contributed by atoms with Gasteiger partial charge in [0.25, 0.3) is 0 Å². The summed E-state index contributed by atoms with van der Waals surface area (Å²) in [6.07, 6.45) is 0. The molecule has 0 heterocycles. The third-order valence-electron chi connectivity index (χ3n) is 3.29. The largest absolute Gasteiger partial charge is 0.491 e. The molecule has 4 heteroatoms. The normalized spacial score (nSPS) is 10.1. The molecule has 2 N–H and O–H groups in total. The molecule has 0 atom stereocenters. The van der Waals surface area contributed by atoms with Gasteiger partial charge in [0.1, 0.15) is 12.4 Å². The van der Waals surface area contributed by atoms with Crippen molar-refractivity contribution in [2.45, 2.75) is 20.8 Å². The van der Waals surface area contributed by atoms with Crippen molar-refractivity contribution in [2.75, 3.05) is 18.5 Å². The van der Waals surface area contributed by atoms with Crippen LogP contribution in [0.4, 0.5) is 5.69 Å².